The van der Waals surface area contributed by atoms with Crippen molar-refractivity contribution in [3.63, 3.8) is 0 Å². The summed E-state index contributed by atoms with van der Waals surface area (Å²) in [5, 5.41) is 9.06. The molecule has 0 aromatic carbocycles. The first-order valence-electron chi connectivity index (χ1n) is 7.35. The van der Waals surface area contributed by atoms with Gasteiger partial charge >= 0.3 is 5.97 Å². The van der Waals surface area contributed by atoms with Crippen molar-refractivity contribution in [2.45, 2.75) is 58.0 Å². The van der Waals surface area contributed by atoms with Gasteiger partial charge in [-0.2, -0.15) is 17.0 Å². The van der Waals surface area contributed by atoms with Crippen LogP contribution in [-0.2, 0) is 15.0 Å². The summed E-state index contributed by atoms with van der Waals surface area (Å²) >= 11 is 0. The largest absolute Gasteiger partial charge is 0.481 e. The van der Waals surface area contributed by atoms with Crippen molar-refractivity contribution in [1.82, 2.24) is 8.61 Å². The highest BCUT2D eigenvalue weighted by Gasteiger charge is 2.40. The molecule has 0 saturated carbocycles. The molecule has 7 heteroatoms. The molecule has 116 valence electrons. The van der Waals surface area contributed by atoms with Gasteiger partial charge in [0, 0.05) is 25.2 Å². The Kier molecular flexibility index (Phi) is 4.71. The second-order valence-corrected chi connectivity index (χ2v) is 7.82. The number of piperidine rings is 2. The van der Waals surface area contributed by atoms with Crippen molar-refractivity contribution >= 4 is 16.2 Å². The molecule has 2 rings (SSSR count). The van der Waals surface area contributed by atoms with E-state index in [1.807, 2.05) is 6.92 Å². The fourth-order valence-electron chi connectivity index (χ4n) is 3.27. The van der Waals surface area contributed by atoms with E-state index in [1.54, 1.807) is 11.2 Å². The van der Waals surface area contributed by atoms with E-state index in [1.165, 1.54) is 4.31 Å². The van der Waals surface area contributed by atoms with Gasteiger partial charge in [-0.25, -0.2) is 0 Å². The van der Waals surface area contributed by atoms with E-state index in [4.69, 9.17) is 5.11 Å². The lowest BCUT2D eigenvalue weighted by molar-refractivity contribution is -0.143. The maximum atomic E-state index is 12.7. The van der Waals surface area contributed by atoms with Crippen molar-refractivity contribution in [3.8, 4) is 0 Å². The van der Waals surface area contributed by atoms with Crippen molar-refractivity contribution < 1.29 is 18.3 Å². The fraction of sp³-hybridized carbons (Fsp3) is 0.923. The van der Waals surface area contributed by atoms with Crippen LogP contribution in [0.15, 0.2) is 0 Å². The third-order valence-electron chi connectivity index (χ3n) is 4.50. The van der Waals surface area contributed by atoms with Gasteiger partial charge < -0.3 is 5.11 Å². The Morgan fingerprint density at radius 1 is 1.05 bits per heavy atom. The molecule has 20 heavy (non-hydrogen) atoms. The number of carbonyl (C=O) groups is 1. The molecule has 3 unspecified atom stereocenters. The van der Waals surface area contributed by atoms with Gasteiger partial charge in [-0.05, 0) is 39.5 Å². The number of carboxylic acid groups (broad SMARTS) is 1. The van der Waals surface area contributed by atoms with Crippen LogP contribution in [0.4, 0.5) is 0 Å². The van der Waals surface area contributed by atoms with Crippen molar-refractivity contribution in [3.05, 3.63) is 0 Å². The van der Waals surface area contributed by atoms with Gasteiger partial charge in [0.05, 0.1) is 5.92 Å². The summed E-state index contributed by atoms with van der Waals surface area (Å²) in [6, 6.07) is -0.206. The van der Waals surface area contributed by atoms with Crippen LogP contribution in [0.2, 0.25) is 0 Å². The maximum Gasteiger partial charge on any atom is 0.306 e. The Morgan fingerprint density at radius 3 is 2.25 bits per heavy atom. The van der Waals surface area contributed by atoms with Crippen LogP contribution >= 0.6 is 0 Å². The maximum absolute atomic E-state index is 12.7. The van der Waals surface area contributed by atoms with Crippen LogP contribution in [0.25, 0.3) is 0 Å². The zero-order chi connectivity index (χ0) is 14.9. The zero-order valence-electron chi connectivity index (χ0n) is 12.2. The van der Waals surface area contributed by atoms with Gasteiger partial charge in [0.15, 0.2) is 0 Å². The normalized spacial score (nSPS) is 34.0. The molecule has 0 spiro atoms. The zero-order valence-corrected chi connectivity index (χ0v) is 13.0. The molecule has 2 saturated heterocycles. The van der Waals surface area contributed by atoms with Crippen molar-refractivity contribution in [2.75, 3.05) is 13.1 Å². The first-order valence-corrected chi connectivity index (χ1v) is 8.75. The highest BCUT2D eigenvalue weighted by Crippen LogP contribution is 2.29. The van der Waals surface area contributed by atoms with Crippen LogP contribution in [0.1, 0.15) is 46.0 Å². The van der Waals surface area contributed by atoms with E-state index in [-0.39, 0.29) is 12.1 Å². The third-order valence-corrected chi connectivity index (χ3v) is 6.77. The van der Waals surface area contributed by atoms with E-state index < -0.39 is 22.1 Å². The molecular formula is C13H24N2O4S. The van der Waals surface area contributed by atoms with Crippen molar-refractivity contribution in [1.29, 1.82) is 0 Å². The van der Waals surface area contributed by atoms with Gasteiger partial charge in [0.1, 0.15) is 0 Å². The summed E-state index contributed by atoms with van der Waals surface area (Å²) in [7, 11) is -3.46. The van der Waals surface area contributed by atoms with Gasteiger partial charge in [-0.3, -0.25) is 4.79 Å². The van der Waals surface area contributed by atoms with E-state index in [9.17, 15) is 13.2 Å². The SMILES string of the molecule is CC1CCCCN1S(=O)(=O)N1CCC(C(=O)O)CC1C. The molecule has 1 N–H and O–H groups in total. The Morgan fingerprint density at radius 2 is 1.70 bits per heavy atom. The number of hydrogen-bond acceptors (Lipinski definition) is 3. The van der Waals surface area contributed by atoms with E-state index in [2.05, 4.69) is 0 Å². The lowest BCUT2D eigenvalue weighted by Crippen LogP contribution is -2.54. The molecule has 0 bridgehead atoms. The predicted molar refractivity (Wildman–Crippen MR) is 75.5 cm³/mol. The lowest BCUT2D eigenvalue weighted by Gasteiger charge is -2.41. The van der Waals surface area contributed by atoms with Crippen molar-refractivity contribution in [2.24, 2.45) is 5.92 Å². The quantitative estimate of drug-likeness (QED) is 0.852. The minimum Gasteiger partial charge on any atom is -0.481 e. The Bertz CT molecular complexity index is 465. The average molecular weight is 304 g/mol. The van der Waals surface area contributed by atoms with Gasteiger partial charge in [0.25, 0.3) is 10.2 Å². The van der Waals surface area contributed by atoms with Crippen LogP contribution in [0.3, 0.4) is 0 Å². The summed E-state index contributed by atoms with van der Waals surface area (Å²) in [6.07, 6.45) is 3.69. The predicted octanol–water partition coefficient (Wildman–Crippen LogP) is 1.29. The Labute approximate surface area is 120 Å². The van der Waals surface area contributed by atoms with Crippen LogP contribution in [0.5, 0.6) is 0 Å². The molecular weight excluding hydrogens is 280 g/mol. The van der Waals surface area contributed by atoms with Crippen LogP contribution < -0.4 is 0 Å². The molecule has 2 aliphatic rings. The first kappa shape index (κ1) is 15.7. The molecule has 6 nitrogen and oxygen atoms in total. The molecule has 3 atom stereocenters. The Balaban J connectivity index is 2.12. The summed E-state index contributed by atoms with van der Waals surface area (Å²) in [5.41, 5.74) is 0. The first-order chi connectivity index (χ1) is 9.34. The molecule has 2 fully saturated rings. The molecule has 0 aromatic heterocycles. The average Bonchev–Trinajstić information content (AvgIpc) is 2.38. The molecule has 0 aliphatic carbocycles. The minimum atomic E-state index is -3.46. The number of hydrogen-bond donors (Lipinski definition) is 1. The number of carboxylic acids is 1. The van der Waals surface area contributed by atoms with Gasteiger partial charge in [-0.15, -0.1) is 0 Å². The second-order valence-electron chi connectivity index (χ2n) is 5.98. The molecule has 2 heterocycles. The Hall–Kier alpha value is -0.660. The summed E-state index contributed by atoms with van der Waals surface area (Å²) in [4.78, 5) is 11.0. The molecule has 2 aliphatic heterocycles. The minimum absolute atomic E-state index is 0.0400. The number of nitrogens with zero attached hydrogens (tertiary/aromatic N) is 2. The summed E-state index contributed by atoms with van der Waals surface area (Å²) in [5.74, 6) is -1.24. The van der Waals surface area contributed by atoms with Gasteiger partial charge in [0.2, 0.25) is 0 Å². The highest BCUT2D eigenvalue weighted by molar-refractivity contribution is 7.86. The van der Waals surface area contributed by atoms with Crippen LogP contribution in [-0.4, -0.2) is 53.3 Å². The fourth-order valence-corrected chi connectivity index (χ4v) is 5.33. The summed E-state index contributed by atoms with van der Waals surface area (Å²) in [6.45, 7) is 4.64. The van der Waals surface area contributed by atoms with E-state index in [0.29, 0.717) is 25.9 Å². The topological polar surface area (TPSA) is 77.9 Å². The molecule has 0 radical (unpaired) electrons. The standard InChI is InChI=1S/C13H24N2O4S/c1-10-5-3-4-7-14(10)20(18,19)15-8-6-12(13(16)17)9-11(15)2/h10-12H,3-9H2,1-2H3,(H,16,17). The summed E-state index contributed by atoms with van der Waals surface area (Å²) < 4.78 is 28.6. The van der Waals surface area contributed by atoms with Gasteiger partial charge in [-0.1, -0.05) is 6.42 Å². The molecule has 0 aromatic rings. The van der Waals surface area contributed by atoms with E-state index >= 15 is 0 Å². The van der Waals surface area contributed by atoms with Crippen LogP contribution in [0, 0.1) is 5.92 Å². The monoisotopic (exact) mass is 304 g/mol. The smallest absolute Gasteiger partial charge is 0.306 e. The number of rotatable bonds is 3. The second kappa shape index (κ2) is 5.99. The van der Waals surface area contributed by atoms with E-state index in [0.717, 1.165) is 19.3 Å². The highest BCUT2D eigenvalue weighted by atomic mass is 32.2. The number of aliphatic carboxylic acids is 1. The molecule has 0 amide bonds. The lowest BCUT2D eigenvalue weighted by atomic mass is 9.93. The third kappa shape index (κ3) is 2.99.